The number of nitrogens with two attached hydrogens (primary N) is 1. The summed E-state index contributed by atoms with van der Waals surface area (Å²) in [7, 11) is 0. The Hall–Kier alpha value is -0.860. The molecule has 1 saturated heterocycles. The van der Waals surface area contributed by atoms with Crippen molar-refractivity contribution in [2.75, 3.05) is 45.8 Å². The summed E-state index contributed by atoms with van der Waals surface area (Å²) in [5, 5.41) is 3.19. The molecule has 6 heteroatoms. The molecular formula is C21H38IN5. The number of nitrogens with one attached hydrogen (secondary N) is 1. The fourth-order valence-corrected chi connectivity index (χ4v) is 3.20. The molecule has 0 spiro atoms. The maximum atomic E-state index is 5.89. The molecule has 0 bridgehead atoms. The normalized spacial score (nSPS) is 16.3. The van der Waals surface area contributed by atoms with Crippen molar-refractivity contribution < 1.29 is 0 Å². The molecule has 0 saturated carbocycles. The highest BCUT2D eigenvalue weighted by molar-refractivity contribution is 14.0. The van der Waals surface area contributed by atoms with E-state index >= 15 is 0 Å². The molecule has 1 fully saturated rings. The molecular weight excluding hydrogens is 449 g/mol. The summed E-state index contributed by atoms with van der Waals surface area (Å²) in [5.41, 5.74) is 7.30. The number of aliphatic imine (C=N–C) groups is 1. The number of nitrogens with zero attached hydrogens (tertiary/aromatic N) is 3. The highest BCUT2D eigenvalue weighted by atomic mass is 127. The molecule has 0 atom stereocenters. The minimum absolute atomic E-state index is 0. The van der Waals surface area contributed by atoms with Gasteiger partial charge in [0, 0.05) is 45.8 Å². The third kappa shape index (κ3) is 10.9. The highest BCUT2D eigenvalue weighted by Crippen LogP contribution is 2.09. The lowest BCUT2D eigenvalue weighted by molar-refractivity contribution is 0.126. The van der Waals surface area contributed by atoms with Crippen LogP contribution in [0.2, 0.25) is 0 Å². The lowest BCUT2D eigenvalue weighted by Gasteiger charge is -2.34. The molecule has 0 radical (unpaired) electrons. The second kappa shape index (κ2) is 14.2. The molecule has 1 aliphatic rings. The Morgan fingerprint density at radius 2 is 1.74 bits per heavy atom. The summed E-state index contributed by atoms with van der Waals surface area (Å²) in [6.45, 7) is 13.1. The van der Waals surface area contributed by atoms with Crippen molar-refractivity contribution in [3.8, 4) is 0 Å². The number of guanidine groups is 1. The maximum absolute atomic E-state index is 5.89. The number of hydrogen-bond donors (Lipinski definition) is 2. The van der Waals surface area contributed by atoms with Crippen molar-refractivity contribution >= 4 is 29.9 Å². The molecule has 2 rings (SSSR count). The summed E-state index contributed by atoms with van der Waals surface area (Å²) >= 11 is 0. The third-order valence-corrected chi connectivity index (χ3v) is 4.91. The Kier molecular flexibility index (Phi) is 12.7. The largest absolute Gasteiger partial charge is 0.370 e. The van der Waals surface area contributed by atoms with Crippen LogP contribution in [0.15, 0.2) is 35.3 Å². The van der Waals surface area contributed by atoms with Crippen LogP contribution in [0.25, 0.3) is 0 Å². The standard InChI is InChI=1S/C21H37N5.HI/c1-19(2)10-12-24-21(22)23-11-6-7-13-25-14-16-26(17-15-25)18-20-8-4-3-5-9-20;/h3-5,8-9,19H,6-7,10-18H2,1-2H3,(H3,22,23,24);1H. The van der Waals surface area contributed by atoms with Crippen LogP contribution in [0.5, 0.6) is 0 Å². The van der Waals surface area contributed by atoms with Crippen LogP contribution in [0, 0.1) is 5.92 Å². The number of hydrogen-bond acceptors (Lipinski definition) is 3. The molecule has 0 aromatic heterocycles. The van der Waals surface area contributed by atoms with Crippen molar-refractivity contribution in [3.05, 3.63) is 35.9 Å². The fraction of sp³-hybridized carbons (Fsp3) is 0.667. The topological polar surface area (TPSA) is 56.9 Å². The van der Waals surface area contributed by atoms with E-state index in [2.05, 4.69) is 64.3 Å². The summed E-state index contributed by atoms with van der Waals surface area (Å²) in [6.07, 6.45) is 3.44. The number of unbranched alkanes of at least 4 members (excludes halogenated alkanes) is 1. The van der Waals surface area contributed by atoms with Crippen LogP contribution in [-0.4, -0.2) is 61.6 Å². The smallest absolute Gasteiger partial charge is 0.188 e. The molecule has 5 nitrogen and oxygen atoms in total. The van der Waals surface area contributed by atoms with Gasteiger partial charge in [-0.15, -0.1) is 24.0 Å². The summed E-state index contributed by atoms with van der Waals surface area (Å²) in [5.74, 6) is 1.30. The molecule has 0 unspecified atom stereocenters. The summed E-state index contributed by atoms with van der Waals surface area (Å²) in [6, 6.07) is 10.8. The predicted molar refractivity (Wildman–Crippen MR) is 127 cm³/mol. The van der Waals surface area contributed by atoms with Crippen LogP contribution >= 0.6 is 24.0 Å². The minimum atomic E-state index is 0. The van der Waals surface area contributed by atoms with Gasteiger partial charge >= 0.3 is 0 Å². The Morgan fingerprint density at radius 3 is 2.41 bits per heavy atom. The molecule has 154 valence electrons. The van der Waals surface area contributed by atoms with Gasteiger partial charge in [-0.05, 0) is 37.3 Å². The van der Waals surface area contributed by atoms with E-state index in [0.717, 1.165) is 32.5 Å². The Bertz CT molecular complexity index is 513. The van der Waals surface area contributed by atoms with E-state index in [4.69, 9.17) is 5.73 Å². The van der Waals surface area contributed by atoms with Crippen LogP contribution < -0.4 is 11.1 Å². The van der Waals surface area contributed by atoms with Gasteiger partial charge in [0.05, 0.1) is 0 Å². The van der Waals surface area contributed by atoms with E-state index in [9.17, 15) is 0 Å². The zero-order chi connectivity index (χ0) is 18.6. The first kappa shape index (κ1) is 24.2. The second-order valence-electron chi connectivity index (χ2n) is 7.69. The molecule has 27 heavy (non-hydrogen) atoms. The van der Waals surface area contributed by atoms with Crippen LogP contribution in [0.1, 0.15) is 38.7 Å². The van der Waals surface area contributed by atoms with Gasteiger partial charge in [0.25, 0.3) is 0 Å². The van der Waals surface area contributed by atoms with Crippen molar-refractivity contribution in [1.29, 1.82) is 0 Å². The third-order valence-electron chi connectivity index (χ3n) is 4.91. The van der Waals surface area contributed by atoms with Crippen LogP contribution in [0.3, 0.4) is 0 Å². The van der Waals surface area contributed by atoms with Crippen molar-refractivity contribution in [2.24, 2.45) is 16.6 Å². The molecule has 1 aromatic rings. The van der Waals surface area contributed by atoms with Gasteiger partial charge in [0.1, 0.15) is 0 Å². The van der Waals surface area contributed by atoms with E-state index in [1.807, 2.05) is 0 Å². The minimum Gasteiger partial charge on any atom is -0.370 e. The predicted octanol–water partition coefficient (Wildman–Crippen LogP) is 3.15. The second-order valence-corrected chi connectivity index (χ2v) is 7.69. The van der Waals surface area contributed by atoms with Gasteiger partial charge in [0.2, 0.25) is 0 Å². The first-order valence-electron chi connectivity index (χ1n) is 10.2. The molecule has 0 aliphatic carbocycles. The summed E-state index contributed by atoms with van der Waals surface area (Å²) < 4.78 is 0. The van der Waals surface area contributed by atoms with Crippen molar-refractivity contribution in [2.45, 2.75) is 39.7 Å². The van der Waals surface area contributed by atoms with E-state index in [1.165, 1.54) is 44.7 Å². The highest BCUT2D eigenvalue weighted by Gasteiger charge is 2.16. The average Bonchev–Trinajstić information content (AvgIpc) is 2.63. The van der Waals surface area contributed by atoms with Crippen molar-refractivity contribution in [1.82, 2.24) is 15.1 Å². The Labute approximate surface area is 182 Å². The van der Waals surface area contributed by atoms with Crippen molar-refractivity contribution in [3.63, 3.8) is 0 Å². The van der Waals surface area contributed by atoms with Gasteiger partial charge in [-0.1, -0.05) is 44.2 Å². The van der Waals surface area contributed by atoms with Gasteiger partial charge in [-0.3, -0.25) is 9.89 Å². The zero-order valence-electron chi connectivity index (χ0n) is 17.1. The first-order valence-corrected chi connectivity index (χ1v) is 10.2. The summed E-state index contributed by atoms with van der Waals surface area (Å²) in [4.78, 5) is 9.55. The van der Waals surface area contributed by atoms with E-state index in [-0.39, 0.29) is 24.0 Å². The fourth-order valence-electron chi connectivity index (χ4n) is 3.20. The lowest BCUT2D eigenvalue weighted by atomic mass is 10.1. The van der Waals surface area contributed by atoms with E-state index in [1.54, 1.807) is 0 Å². The monoisotopic (exact) mass is 487 g/mol. The van der Waals surface area contributed by atoms with Crippen LogP contribution in [0.4, 0.5) is 0 Å². The van der Waals surface area contributed by atoms with E-state index in [0.29, 0.717) is 11.9 Å². The molecule has 3 N–H and O–H groups in total. The van der Waals surface area contributed by atoms with E-state index < -0.39 is 0 Å². The SMILES string of the molecule is CC(C)CCNC(N)=NCCCCN1CCN(Cc2ccccc2)CC1.I. The molecule has 1 heterocycles. The number of rotatable bonds is 10. The Balaban J connectivity index is 0.00000364. The quantitative estimate of drug-likeness (QED) is 0.231. The average molecular weight is 487 g/mol. The van der Waals surface area contributed by atoms with Gasteiger partial charge in [-0.2, -0.15) is 0 Å². The van der Waals surface area contributed by atoms with Gasteiger partial charge in [0.15, 0.2) is 5.96 Å². The first-order chi connectivity index (χ1) is 12.6. The zero-order valence-corrected chi connectivity index (χ0v) is 19.4. The van der Waals surface area contributed by atoms with Crippen LogP contribution in [-0.2, 0) is 6.54 Å². The Morgan fingerprint density at radius 1 is 1.07 bits per heavy atom. The maximum Gasteiger partial charge on any atom is 0.188 e. The van der Waals surface area contributed by atoms with Gasteiger partial charge in [-0.25, -0.2) is 0 Å². The molecule has 1 aromatic carbocycles. The van der Waals surface area contributed by atoms with Gasteiger partial charge < -0.3 is 16.0 Å². The lowest BCUT2D eigenvalue weighted by Crippen LogP contribution is -2.46. The number of piperazine rings is 1. The molecule has 1 aliphatic heterocycles. The number of benzene rings is 1. The number of halogens is 1. The molecule has 0 amide bonds.